The zero-order chi connectivity index (χ0) is 19.2. The summed E-state index contributed by atoms with van der Waals surface area (Å²) in [5.41, 5.74) is 7.75. The van der Waals surface area contributed by atoms with Crippen LogP contribution >= 0.6 is 12.4 Å². The number of anilines is 2. The summed E-state index contributed by atoms with van der Waals surface area (Å²) in [6, 6.07) is 13.7. The Morgan fingerprint density at radius 3 is 2.32 bits per heavy atom. The van der Waals surface area contributed by atoms with Crippen molar-refractivity contribution in [3.63, 3.8) is 0 Å². The van der Waals surface area contributed by atoms with Crippen LogP contribution < -0.4 is 21.1 Å². The topological polar surface area (TPSA) is 76.4 Å². The van der Waals surface area contributed by atoms with Crippen LogP contribution in [0.4, 0.5) is 20.2 Å². The van der Waals surface area contributed by atoms with Gasteiger partial charge in [-0.2, -0.15) is 8.78 Å². The summed E-state index contributed by atoms with van der Waals surface area (Å²) >= 11 is 0. The predicted octanol–water partition coefficient (Wildman–Crippen LogP) is 4.45. The van der Waals surface area contributed by atoms with Crippen LogP contribution in [0.5, 0.6) is 5.75 Å². The number of benzene rings is 2. The monoisotopic (exact) mass is 411 g/mol. The second-order valence-electron chi connectivity index (χ2n) is 6.66. The molecule has 1 aliphatic rings. The van der Waals surface area contributed by atoms with Gasteiger partial charge in [0.15, 0.2) is 0 Å². The average molecular weight is 412 g/mol. The summed E-state index contributed by atoms with van der Waals surface area (Å²) in [7, 11) is 0. The maximum absolute atomic E-state index is 12.7. The third-order valence-corrected chi connectivity index (χ3v) is 4.64. The fraction of sp³-hybridized carbons (Fsp3) is 0.350. The summed E-state index contributed by atoms with van der Waals surface area (Å²) in [4.78, 5) is 12.7. The number of carbonyl (C=O) groups is 1. The number of halogens is 3. The van der Waals surface area contributed by atoms with Crippen LogP contribution in [0.25, 0.3) is 0 Å². The fourth-order valence-corrected chi connectivity index (χ4v) is 3.19. The first-order chi connectivity index (χ1) is 13.0. The van der Waals surface area contributed by atoms with E-state index in [0.717, 1.165) is 25.7 Å². The van der Waals surface area contributed by atoms with Gasteiger partial charge in [0.25, 0.3) is 5.91 Å². The number of carbonyl (C=O) groups excluding carboxylic acids is 1. The van der Waals surface area contributed by atoms with E-state index < -0.39 is 6.61 Å². The van der Waals surface area contributed by atoms with Gasteiger partial charge < -0.3 is 21.1 Å². The molecule has 28 heavy (non-hydrogen) atoms. The van der Waals surface area contributed by atoms with Gasteiger partial charge in [0, 0.05) is 17.8 Å². The Hall–Kier alpha value is -2.38. The molecule has 4 N–H and O–H groups in total. The normalized spacial score (nSPS) is 18.9. The van der Waals surface area contributed by atoms with Gasteiger partial charge >= 0.3 is 6.61 Å². The summed E-state index contributed by atoms with van der Waals surface area (Å²) < 4.78 is 28.8. The molecular weight excluding hydrogens is 388 g/mol. The van der Waals surface area contributed by atoms with Crippen molar-refractivity contribution >= 4 is 29.7 Å². The van der Waals surface area contributed by atoms with Crippen molar-refractivity contribution in [1.82, 2.24) is 5.32 Å². The fourth-order valence-electron chi connectivity index (χ4n) is 3.19. The minimum atomic E-state index is -2.86. The van der Waals surface area contributed by atoms with Crippen LogP contribution in [-0.2, 0) is 0 Å². The van der Waals surface area contributed by atoms with E-state index >= 15 is 0 Å². The minimum absolute atomic E-state index is 0. The van der Waals surface area contributed by atoms with Crippen LogP contribution in [-0.4, -0.2) is 24.6 Å². The van der Waals surface area contributed by atoms with Crippen LogP contribution in [0.2, 0.25) is 0 Å². The van der Waals surface area contributed by atoms with Crippen LogP contribution in [0.15, 0.2) is 48.5 Å². The molecule has 5 nitrogen and oxygen atoms in total. The molecule has 0 spiro atoms. The molecule has 0 aromatic heterocycles. The van der Waals surface area contributed by atoms with E-state index in [1.807, 2.05) is 6.07 Å². The molecule has 0 atom stereocenters. The zero-order valence-corrected chi connectivity index (χ0v) is 16.1. The van der Waals surface area contributed by atoms with Gasteiger partial charge in [-0.05, 0) is 62.1 Å². The van der Waals surface area contributed by atoms with Crippen molar-refractivity contribution in [2.45, 2.75) is 44.4 Å². The maximum Gasteiger partial charge on any atom is 0.387 e. The number of para-hydroxylation sites is 1. The molecule has 0 bridgehead atoms. The quantitative estimate of drug-likeness (QED) is 0.656. The second kappa shape index (κ2) is 10.2. The summed E-state index contributed by atoms with van der Waals surface area (Å²) in [5, 5.41) is 6.23. The standard InChI is InChI=1S/C20H23F2N3O2.ClH/c21-20(22)27-16-11-9-14(10-12-16)24-18-4-2-1-3-17(18)19(26)25-15-7-5-13(23)6-8-15;/h1-4,9-13,15,20,24H,5-8,23H2,(H,25,26);1H. The number of ether oxygens (including phenoxy) is 1. The molecule has 2 aromatic rings. The van der Waals surface area contributed by atoms with E-state index in [-0.39, 0.29) is 36.1 Å². The van der Waals surface area contributed by atoms with Crippen molar-refractivity contribution < 1.29 is 18.3 Å². The minimum Gasteiger partial charge on any atom is -0.435 e. The van der Waals surface area contributed by atoms with E-state index in [1.54, 1.807) is 30.3 Å². The van der Waals surface area contributed by atoms with Crippen molar-refractivity contribution in [3.8, 4) is 5.75 Å². The summed E-state index contributed by atoms with van der Waals surface area (Å²) in [6.07, 6.45) is 3.60. The highest BCUT2D eigenvalue weighted by atomic mass is 35.5. The van der Waals surface area contributed by atoms with Crippen molar-refractivity contribution in [3.05, 3.63) is 54.1 Å². The molecule has 2 aromatic carbocycles. The molecule has 3 rings (SSSR count). The van der Waals surface area contributed by atoms with Gasteiger partial charge in [-0.3, -0.25) is 4.79 Å². The molecule has 0 saturated heterocycles. The first kappa shape index (κ1) is 21.9. The van der Waals surface area contributed by atoms with Gasteiger partial charge in [-0.15, -0.1) is 12.4 Å². The highest BCUT2D eigenvalue weighted by Crippen LogP contribution is 2.24. The number of amides is 1. The average Bonchev–Trinajstić information content (AvgIpc) is 2.65. The number of rotatable bonds is 6. The molecule has 152 valence electrons. The van der Waals surface area contributed by atoms with Crippen molar-refractivity contribution in [2.75, 3.05) is 5.32 Å². The molecule has 0 heterocycles. The first-order valence-corrected chi connectivity index (χ1v) is 8.98. The molecule has 8 heteroatoms. The Balaban J connectivity index is 0.00000280. The summed E-state index contributed by atoms with van der Waals surface area (Å²) in [5.74, 6) is -0.0618. The number of nitrogens with two attached hydrogens (primary N) is 1. The summed E-state index contributed by atoms with van der Waals surface area (Å²) in [6.45, 7) is -2.86. The van der Waals surface area contributed by atoms with Crippen LogP contribution in [0.3, 0.4) is 0 Å². The van der Waals surface area contributed by atoms with E-state index in [9.17, 15) is 13.6 Å². The SMILES string of the molecule is Cl.NC1CCC(NC(=O)c2ccccc2Nc2ccc(OC(F)F)cc2)CC1. The molecule has 1 aliphatic carbocycles. The highest BCUT2D eigenvalue weighted by molar-refractivity contribution is 6.00. The molecule has 0 unspecified atom stereocenters. The number of hydrogen-bond acceptors (Lipinski definition) is 4. The van der Waals surface area contributed by atoms with Crippen molar-refractivity contribution in [1.29, 1.82) is 0 Å². The number of alkyl halides is 2. The van der Waals surface area contributed by atoms with E-state index in [4.69, 9.17) is 5.73 Å². The van der Waals surface area contributed by atoms with E-state index in [2.05, 4.69) is 15.4 Å². The smallest absolute Gasteiger partial charge is 0.387 e. The molecule has 0 aliphatic heterocycles. The zero-order valence-electron chi connectivity index (χ0n) is 15.2. The van der Waals surface area contributed by atoms with Crippen LogP contribution in [0, 0.1) is 0 Å². The van der Waals surface area contributed by atoms with Crippen LogP contribution in [0.1, 0.15) is 36.0 Å². The third kappa shape index (κ3) is 6.07. The lowest BCUT2D eigenvalue weighted by Gasteiger charge is -2.27. The molecule has 1 saturated carbocycles. The Kier molecular flexibility index (Phi) is 8.02. The van der Waals surface area contributed by atoms with Gasteiger partial charge in [0.1, 0.15) is 5.75 Å². The van der Waals surface area contributed by atoms with Gasteiger partial charge in [-0.25, -0.2) is 0 Å². The largest absolute Gasteiger partial charge is 0.435 e. The maximum atomic E-state index is 12.7. The molecule has 0 radical (unpaired) electrons. The van der Waals surface area contributed by atoms with Gasteiger partial charge in [0.05, 0.1) is 11.3 Å². The third-order valence-electron chi connectivity index (χ3n) is 4.64. The number of nitrogens with one attached hydrogen (secondary N) is 2. The molecule has 1 amide bonds. The highest BCUT2D eigenvalue weighted by Gasteiger charge is 2.21. The van der Waals surface area contributed by atoms with Crippen molar-refractivity contribution in [2.24, 2.45) is 5.73 Å². The Labute approximate surface area is 169 Å². The van der Waals surface area contributed by atoms with E-state index in [0.29, 0.717) is 16.9 Å². The molecule has 1 fully saturated rings. The number of hydrogen-bond donors (Lipinski definition) is 3. The predicted molar refractivity (Wildman–Crippen MR) is 108 cm³/mol. The van der Waals surface area contributed by atoms with Gasteiger partial charge in [-0.1, -0.05) is 12.1 Å². The molecular formula is C20H24ClF2N3O2. The van der Waals surface area contributed by atoms with E-state index in [1.165, 1.54) is 12.1 Å². The lowest BCUT2D eigenvalue weighted by molar-refractivity contribution is -0.0498. The Morgan fingerprint density at radius 1 is 1.04 bits per heavy atom. The lowest BCUT2D eigenvalue weighted by Crippen LogP contribution is -2.40. The first-order valence-electron chi connectivity index (χ1n) is 8.98. The lowest BCUT2D eigenvalue weighted by atomic mass is 9.91. The second-order valence-corrected chi connectivity index (χ2v) is 6.66. The van der Waals surface area contributed by atoms with Gasteiger partial charge in [0.2, 0.25) is 0 Å². The Bertz CT molecular complexity index is 766. The Morgan fingerprint density at radius 2 is 1.68 bits per heavy atom.